The van der Waals surface area contributed by atoms with Crippen LogP contribution in [0.15, 0.2) is 24.4 Å². The van der Waals surface area contributed by atoms with Gasteiger partial charge in [0.1, 0.15) is 11.6 Å². The minimum atomic E-state index is -0.222. The number of fused-ring (bicyclic) bond motifs is 1. The van der Waals surface area contributed by atoms with Gasteiger partial charge in [-0.2, -0.15) is 0 Å². The Labute approximate surface area is 75.3 Å². The molecule has 2 aromatic rings. The van der Waals surface area contributed by atoms with Gasteiger partial charge in [-0.05, 0) is 25.1 Å². The summed E-state index contributed by atoms with van der Waals surface area (Å²) in [6.07, 6.45) is 1.70. The number of halogens is 1. The first kappa shape index (κ1) is 8.10. The summed E-state index contributed by atoms with van der Waals surface area (Å²) >= 11 is 0. The van der Waals surface area contributed by atoms with Crippen molar-refractivity contribution >= 4 is 10.9 Å². The van der Waals surface area contributed by atoms with Crippen molar-refractivity contribution in [2.24, 2.45) is 0 Å². The van der Waals surface area contributed by atoms with Crippen molar-refractivity contribution in [1.82, 2.24) is 4.98 Å². The van der Waals surface area contributed by atoms with E-state index in [0.29, 0.717) is 17.7 Å². The maximum Gasteiger partial charge on any atom is 0.143 e. The summed E-state index contributed by atoms with van der Waals surface area (Å²) in [5, 5.41) is 0.575. The molecule has 1 heterocycles. The minimum absolute atomic E-state index is 0.222. The summed E-state index contributed by atoms with van der Waals surface area (Å²) in [6, 6.07) is 4.76. The molecule has 0 spiro atoms. The first-order chi connectivity index (χ1) is 6.33. The monoisotopic (exact) mass is 179 g/mol. The van der Waals surface area contributed by atoms with Gasteiger partial charge in [-0.1, -0.05) is 0 Å². The molecule has 0 bridgehead atoms. The lowest BCUT2D eigenvalue weighted by molar-refractivity contribution is 0.343. The van der Waals surface area contributed by atoms with E-state index in [1.54, 1.807) is 18.3 Å². The van der Waals surface area contributed by atoms with Gasteiger partial charge < -0.3 is 9.72 Å². The predicted molar refractivity (Wildman–Crippen MR) is 49.4 cm³/mol. The molecule has 0 fully saturated rings. The average Bonchev–Trinajstić information content (AvgIpc) is 2.59. The third kappa shape index (κ3) is 1.26. The van der Waals surface area contributed by atoms with E-state index in [2.05, 4.69) is 4.98 Å². The van der Waals surface area contributed by atoms with Gasteiger partial charge in [0.15, 0.2) is 0 Å². The molecule has 0 amide bonds. The summed E-state index contributed by atoms with van der Waals surface area (Å²) < 4.78 is 18.5. The lowest BCUT2D eigenvalue weighted by atomic mass is 10.2. The van der Waals surface area contributed by atoms with Crippen molar-refractivity contribution in [3.05, 3.63) is 30.2 Å². The van der Waals surface area contributed by atoms with Crippen LogP contribution in [0.3, 0.4) is 0 Å². The predicted octanol–water partition coefficient (Wildman–Crippen LogP) is 2.71. The molecule has 13 heavy (non-hydrogen) atoms. The molecule has 1 N–H and O–H groups in total. The van der Waals surface area contributed by atoms with Crippen LogP contribution < -0.4 is 4.74 Å². The van der Waals surface area contributed by atoms with Crippen molar-refractivity contribution in [2.75, 3.05) is 6.61 Å². The molecule has 0 radical (unpaired) electrons. The summed E-state index contributed by atoms with van der Waals surface area (Å²) in [6.45, 7) is 2.48. The van der Waals surface area contributed by atoms with E-state index in [1.165, 1.54) is 6.07 Å². The quantitative estimate of drug-likeness (QED) is 0.753. The van der Waals surface area contributed by atoms with Crippen molar-refractivity contribution in [2.45, 2.75) is 6.92 Å². The van der Waals surface area contributed by atoms with E-state index in [-0.39, 0.29) is 5.82 Å². The van der Waals surface area contributed by atoms with Gasteiger partial charge in [0.05, 0.1) is 12.1 Å². The fourth-order valence-corrected chi connectivity index (χ4v) is 1.37. The summed E-state index contributed by atoms with van der Waals surface area (Å²) in [7, 11) is 0. The molecule has 0 aliphatic heterocycles. The molecule has 0 aliphatic rings. The van der Waals surface area contributed by atoms with Crippen LogP contribution in [0.5, 0.6) is 5.75 Å². The number of rotatable bonds is 2. The van der Waals surface area contributed by atoms with Crippen molar-refractivity contribution in [3.63, 3.8) is 0 Å². The zero-order valence-corrected chi connectivity index (χ0v) is 7.30. The number of ether oxygens (including phenoxy) is 1. The Kier molecular flexibility index (Phi) is 1.93. The third-order valence-corrected chi connectivity index (χ3v) is 1.93. The zero-order chi connectivity index (χ0) is 9.26. The Morgan fingerprint density at radius 1 is 1.38 bits per heavy atom. The third-order valence-electron chi connectivity index (χ3n) is 1.93. The van der Waals surface area contributed by atoms with Gasteiger partial charge in [0, 0.05) is 11.6 Å². The van der Waals surface area contributed by atoms with Gasteiger partial charge in [0.2, 0.25) is 0 Å². The van der Waals surface area contributed by atoms with Crippen molar-refractivity contribution < 1.29 is 9.13 Å². The second-order valence-electron chi connectivity index (χ2n) is 2.74. The second kappa shape index (κ2) is 3.09. The topological polar surface area (TPSA) is 25.0 Å². The number of hydrogen-bond donors (Lipinski definition) is 1. The van der Waals surface area contributed by atoms with E-state index in [0.717, 1.165) is 5.52 Å². The highest BCUT2D eigenvalue weighted by molar-refractivity contribution is 5.85. The fourth-order valence-electron chi connectivity index (χ4n) is 1.37. The van der Waals surface area contributed by atoms with Crippen LogP contribution in [0, 0.1) is 5.82 Å². The van der Waals surface area contributed by atoms with Gasteiger partial charge in [0.25, 0.3) is 0 Å². The molecule has 0 unspecified atom stereocenters. The molecule has 3 heteroatoms. The minimum Gasteiger partial charge on any atom is -0.492 e. The molecule has 2 nitrogen and oxygen atoms in total. The normalized spacial score (nSPS) is 10.6. The Morgan fingerprint density at radius 3 is 3.00 bits per heavy atom. The number of H-pyrrole nitrogens is 1. The Morgan fingerprint density at radius 2 is 2.23 bits per heavy atom. The Hall–Kier alpha value is -1.51. The average molecular weight is 179 g/mol. The lowest BCUT2D eigenvalue weighted by Gasteiger charge is -2.04. The molecular weight excluding hydrogens is 169 g/mol. The highest BCUT2D eigenvalue weighted by Gasteiger charge is 2.06. The molecule has 2 rings (SSSR count). The molecular formula is C10H10FNO. The molecule has 0 aliphatic carbocycles. The molecule has 0 atom stereocenters. The fraction of sp³-hybridized carbons (Fsp3) is 0.200. The molecule has 0 saturated carbocycles. The molecule has 1 aromatic heterocycles. The van der Waals surface area contributed by atoms with Crippen LogP contribution in [-0.4, -0.2) is 11.6 Å². The summed E-state index contributed by atoms with van der Waals surface area (Å²) in [5.41, 5.74) is 0.724. The first-order valence-electron chi connectivity index (χ1n) is 4.21. The molecule has 68 valence electrons. The van der Waals surface area contributed by atoms with E-state index in [1.807, 2.05) is 6.92 Å². The van der Waals surface area contributed by atoms with E-state index >= 15 is 0 Å². The van der Waals surface area contributed by atoms with Gasteiger partial charge in [-0.25, -0.2) is 4.39 Å². The number of nitrogens with one attached hydrogen (secondary N) is 1. The van der Waals surface area contributed by atoms with Gasteiger partial charge >= 0.3 is 0 Å². The van der Waals surface area contributed by atoms with Crippen LogP contribution in [-0.2, 0) is 0 Å². The van der Waals surface area contributed by atoms with Crippen LogP contribution in [0.1, 0.15) is 6.92 Å². The standard InChI is InChI=1S/C10H10FNO/c1-2-13-9-4-3-8(11)7-5-6-12-10(7)9/h3-6,12H,2H2,1H3. The van der Waals surface area contributed by atoms with Crippen LogP contribution in [0.2, 0.25) is 0 Å². The van der Waals surface area contributed by atoms with Gasteiger partial charge in [-0.3, -0.25) is 0 Å². The highest BCUT2D eigenvalue weighted by Crippen LogP contribution is 2.26. The number of benzene rings is 1. The molecule has 0 saturated heterocycles. The number of hydrogen-bond acceptors (Lipinski definition) is 1. The smallest absolute Gasteiger partial charge is 0.143 e. The van der Waals surface area contributed by atoms with E-state index in [9.17, 15) is 4.39 Å². The lowest BCUT2D eigenvalue weighted by Crippen LogP contribution is -1.92. The van der Waals surface area contributed by atoms with Crippen LogP contribution in [0.25, 0.3) is 10.9 Å². The van der Waals surface area contributed by atoms with Gasteiger partial charge in [-0.15, -0.1) is 0 Å². The summed E-state index contributed by atoms with van der Waals surface area (Å²) in [5.74, 6) is 0.476. The SMILES string of the molecule is CCOc1ccc(F)c2cc[nH]c12. The van der Waals surface area contributed by atoms with E-state index < -0.39 is 0 Å². The van der Waals surface area contributed by atoms with Crippen LogP contribution >= 0.6 is 0 Å². The van der Waals surface area contributed by atoms with E-state index in [4.69, 9.17) is 4.74 Å². The highest BCUT2D eigenvalue weighted by atomic mass is 19.1. The summed E-state index contributed by atoms with van der Waals surface area (Å²) in [4.78, 5) is 2.95. The Balaban J connectivity index is 2.64. The maximum absolute atomic E-state index is 13.2. The number of aromatic nitrogens is 1. The Bertz CT molecular complexity index is 422. The second-order valence-corrected chi connectivity index (χ2v) is 2.74. The first-order valence-corrected chi connectivity index (χ1v) is 4.21. The number of aromatic amines is 1. The largest absolute Gasteiger partial charge is 0.492 e. The van der Waals surface area contributed by atoms with Crippen LogP contribution in [0.4, 0.5) is 4.39 Å². The maximum atomic E-state index is 13.2. The van der Waals surface area contributed by atoms with Crippen molar-refractivity contribution in [3.8, 4) is 5.75 Å². The molecule has 1 aromatic carbocycles. The van der Waals surface area contributed by atoms with Crippen molar-refractivity contribution in [1.29, 1.82) is 0 Å². The zero-order valence-electron chi connectivity index (χ0n) is 7.30.